The summed E-state index contributed by atoms with van der Waals surface area (Å²) in [4.78, 5) is 33.9. The Morgan fingerprint density at radius 2 is 1.95 bits per heavy atom. The van der Waals surface area contributed by atoms with Crippen LogP contribution in [0.3, 0.4) is 0 Å². The lowest BCUT2D eigenvalue weighted by Crippen LogP contribution is -2.42. The molecule has 108 valence electrons. The number of halogens is 2. The Kier molecular flexibility index (Phi) is 5.79. The molecule has 0 radical (unpaired) electrons. The fourth-order valence-corrected chi connectivity index (χ4v) is 1.67. The summed E-state index contributed by atoms with van der Waals surface area (Å²) in [5, 5.41) is 11.5. The van der Waals surface area contributed by atoms with Crippen LogP contribution in [0.25, 0.3) is 0 Å². The number of rotatable bonds is 5. The van der Waals surface area contributed by atoms with Crippen molar-refractivity contribution in [2.24, 2.45) is 0 Å². The van der Waals surface area contributed by atoms with Gasteiger partial charge in [-0.05, 0) is 18.2 Å². The van der Waals surface area contributed by atoms with Gasteiger partial charge in [-0.25, -0.2) is 9.59 Å². The van der Waals surface area contributed by atoms with E-state index in [1.54, 1.807) is 0 Å². The van der Waals surface area contributed by atoms with E-state index in [0.717, 1.165) is 7.11 Å². The molecular weight excluding hydrogens is 309 g/mol. The van der Waals surface area contributed by atoms with Gasteiger partial charge in [0, 0.05) is 12.0 Å². The minimum atomic E-state index is -1.38. The Labute approximate surface area is 124 Å². The van der Waals surface area contributed by atoms with E-state index < -0.39 is 30.3 Å². The fraction of sp³-hybridized carbons (Fsp3) is 0.250. The molecule has 0 fully saturated rings. The number of nitrogens with one attached hydrogen (secondary N) is 1. The topological polar surface area (TPSA) is 92.7 Å². The third-order valence-electron chi connectivity index (χ3n) is 2.41. The second-order valence-electron chi connectivity index (χ2n) is 3.78. The standard InChI is InChI=1S/C12H11Cl2NO5/c1-20-12(19)15-9(11(17)18)5-10(16)6-2-3-7(13)8(14)4-6/h2-4,9H,5H2,1H3,(H,15,19)(H,17,18)/t9-/m1/s1. The molecule has 1 atom stereocenters. The van der Waals surface area contributed by atoms with Crippen LogP contribution in [-0.4, -0.2) is 36.1 Å². The van der Waals surface area contributed by atoms with E-state index in [2.05, 4.69) is 10.1 Å². The number of alkyl carbamates (subject to hydrolysis) is 1. The number of carbonyl (C=O) groups excluding carboxylic acids is 2. The normalized spacial score (nSPS) is 11.6. The molecule has 0 aliphatic carbocycles. The van der Waals surface area contributed by atoms with Crippen LogP contribution in [0.2, 0.25) is 10.0 Å². The van der Waals surface area contributed by atoms with Gasteiger partial charge >= 0.3 is 12.1 Å². The summed E-state index contributed by atoms with van der Waals surface area (Å²) < 4.78 is 4.29. The summed E-state index contributed by atoms with van der Waals surface area (Å²) in [5.74, 6) is -1.84. The molecule has 2 N–H and O–H groups in total. The maximum absolute atomic E-state index is 11.9. The number of ether oxygens (including phenoxy) is 1. The monoisotopic (exact) mass is 319 g/mol. The summed E-state index contributed by atoms with van der Waals surface area (Å²) in [6.45, 7) is 0. The van der Waals surface area contributed by atoms with Crippen molar-refractivity contribution < 1.29 is 24.2 Å². The lowest BCUT2D eigenvalue weighted by molar-refractivity contribution is -0.139. The third kappa shape index (κ3) is 4.40. The maximum Gasteiger partial charge on any atom is 0.407 e. The summed E-state index contributed by atoms with van der Waals surface area (Å²) in [6, 6.07) is 2.81. The first-order valence-corrected chi connectivity index (χ1v) is 6.16. The highest BCUT2D eigenvalue weighted by atomic mass is 35.5. The third-order valence-corrected chi connectivity index (χ3v) is 3.15. The molecular formula is C12H11Cl2NO5. The van der Waals surface area contributed by atoms with Crippen molar-refractivity contribution in [1.29, 1.82) is 0 Å². The van der Waals surface area contributed by atoms with Gasteiger partial charge < -0.3 is 15.2 Å². The molecule has 1 aromatic carbocycles. The molecule has 1 amide bonds. The lowest BCUT2D eigenvalue weighted by Gasteiger charge is -2.13. The first-order chi connectivity index (χ1) is 9.35. The Morgan fingerprint density at radius 3 is 2.45 bits per heavy atom. The number of benzene rings is 1. The highest BCUT2D eigenvalue weighted by Crippen LogP contribution is 2.23. The zero-order chi connectivity index (χ0) is 15.3. The predicted molar refractivity (Wildman–Crippen MR) is 72.4 cm³/mol. The molecule has 20 heavy (non-hydrogen) atoms. The molecule has 6 nitrogen and oxygen atoms in total. The first kappa shape index (κ1) is 16.3. The van der Waals surface area contributed by atoms with Gasteiger partial charge in [0.2, 0.25) is 0 Å². The molecule has 8 heteroatoms. The largest absolute Gasteiger partial charge is 0.480 e. The van der Waals surface area contributed by atoms with Crippen LogP contribution in [0.5, 0.6) is 0 Å². The van der Waals surface area contributed by atoms with Crippen LogP contribution in [0, 0.1) is 0 Å². The number of hydrogen-bond donors (Lipinski definition) is 2. The van der Waals surface area contributed by atoms with E-state index in [1.165, 1.54) is 18.2 Å². The van der Waals surface area contributed by atoms with Gasteiger partial charge in [0.1, 0.15) is 6.04 Å². The van der Waals surface area contributed by atoms with E-state index in [-0.39, 0.29) is 15.6 Å². The van der Waals surface area contributed by atoms with Crippen molar-refractivity contribution in [3.05, 3.63) is 33.8 Å². The van der Waals surface area contributed by atoms with Crippen LogP contribution >= 0.6 is 23.2 Å². The van der Waals surface area contributed by atoms with E-state index in [9.17, 15) is 14.4 Å². The number of amides is 1. The molecule has 0 heterocycles. The van der Waals surface area contributed by atoms with Crippen molar-refractivity contribution in [2.45, 2.75) is 12.5 Å². The molecule has 0 bridgehead atoms. The van der Waals surface area contributed by atoms with Crippen LogP contribution < -0.4 is 5.32 Å². The number of carboxylic acid groups (broad SMARTS) is 1. The van der Waals surface area contributed by atoms with Crippen LogP contribution in [0.4, 0.5) is 4.79 Å². The van der Waals surface area contributed by atoms with Crippen molar-refractivity contribution in [1.82, 2.24) is 5.32 Å². The second-order valence-corrected chi connectivity index (χ2v) is 4.60. The van der Waals surface area contributed by atoms with Crippen molar-refractivity contribution in [3.8, 4) is 0 Å². The molecule has 0 saturated carbocycles. The zero-order valence-corrected chi connectivity index (χ0v) is 11.9. The van der Waals surface area contributed by atoms with E-state index >= 15 is 0 Å². The van der Waals surface area contributed by atoms with Gasteiger partial charge in [-0.15, -0.1) is 0 Å². The number of ketones is 1. The Hall–Kier alpha value is -1.79. The van der Waals surface area contributed by atoms with Crippen LogP contribution in [-0.2, 0) is 9.53 Å². The molecule has 1 rings (SSSR count). The number of carbonyl (C=O) groups is 3. The number of hydrogen-bond acceptors (Lipinski definition) is 4. The van der Waals surface area contributed by atoms with Gasteiger partial charge in [0.05, 0.1) is 17.2 Å². The van der Waals surface area contributed by atoms with Gasteiger partial charge in [-0.2, -0.15) is 0 Å². The number of Topliss-reactive ketones (excluding diaryl/α,β-unsaturated/α-hetero) is 1. The quantitative estimate of drug-likeness (QED) is 0.813. The molecule has 0 aliphatic heterocycles. The minimum absolute atomic E-state index is 0.185. The lowest BCUT2D eigenvalue weighted by atomic mass is 10.0. The predicted octanol–water partition coefficient (Wildman–Crippen LogP) is 2.38. The summed E-state index contributed by atoms with van der Waals surface area (Å²) in [6.07, 6.45) is -1.36. The summed E-state index contributed by atoms with van der Waals surface area (Å²) in [5.41, 5.74) is 0.206. The van der Waals surface area contributed by atoms with Crippen molar-refractivity contribution in [3.63, 3.8) is 0 Å². The van der Waals surface area contributed by atoms with E-state index in [1.807, 2.05) is 0 Å². The molecule has 0 unspecified atom stereocenters. The molecule has 0 aliphatic rings. The molecule has 1 aromatic rings. The summed E-state index contributed by atoms with van der Waals surface area (Å²) in [7, 11) is 1.09. The number of methoxy groups -OCH3 is 1. The van der Waals surface area contributed by atoms with E-state index in [0.29, 0.717) is 0 Å². The van der Waals surface area contributed by atoms with Gasteiger partial charge in [-0.1, -0.05) is 23.2 Å². The van der Waals surface area contributed by atoms with Gasteiger partial charge in [-0.3, -0.25) is 4.79 Å². The smallest absolute Gasteiger partial charge is 0.407 e. The summed E-state index contributed by atoms with van der Waals surface area (Å²) >= 11 is 11.5. The van der Waals surface area contributed by atoms with Crippen molar-refractivity contribution >= 4 is 41.0 Å². The molecule has 0 saturated heterocycles. The Balaban J connectivity index is 2.82. The Bertz CT molecular complexity index is 547. The maximum atomic E-state index is 11.9. The Morgan fingerprint density at radius 1 is 1.30 bits per heavy atom. The highest BCUT2D eigenvalue weighted by molar-refractivity contribution is 6.42. The minimum Gasteiger partial charge on any atom is -0.480 e. The van der Waals surface area contributed by atoms with Gasteiger partial charge in [0.25, 0.3) is 0 Å². The second kappa shape index (κ2) is 7.12. The number of aliphatic carboxylic acids is 1. The fourth-order valence-electron chi connectivity index (χ4n) is 1.37. The SMILES string of the molecule is COC(=O)N[C@H](CC(=O)c1ccc(Cl)c(Cl)c1)C(=O)O. The zero-order valence-electron chi connectivity index (χ0n) is 10.4. The van der Waals surface area contributed by atoms with Crippen LogP contribution in [0.15, 0.2) is 18.2 Å². The molecule has 0 spiro atoms. The van der Waals surface area contributed by atoms with Gasteiger partial charge in [0.15, 0.2) is 5.78 Å². The average molecular weight is 320 g/mol. The first-order valence-electron chi connectivity index (χ1n) is 5.40. The average Bonchev–Trinajstić information content (AvgIpc) is 2.40. The van der Waals surface area contributed by atoms with Crippen LogP contribution in [0.1, 0.15) is 16.8 Å². The molecule has 0 aromatic heterocycles. The van der Waals surface area contributed by atoms with Crippen molar-refractivity contribution in [2.75, 3.05) is 7.11 Å². The highest BCUT2D eigenvalue weighted by Gasteiger charge is 2.24. The number of carboxylic acids is 1. The van der Waals surface area contributed by atoms with E-state index in [4.69, 9.17) is 28.3 Å².